The molecule has 2 aromatic heterocycles. The normalized spacial score (nSPS) is 14.8. The smallest absolute Gasteiger partial charge is 0.338 e. The molecule has 1 aliphatic heterocycles. The first-order chi connectivity index (χ1) is 21.4. The minimum absolute atomic E-state index is 0.0106. The van der Waals surface area contributed by atoms with Crippen molar-refractivity contribution in [3.05, 3.63) is 108 Å². The Hall–Kier alpha value is -4.70. The molecule has 0 bridgehead atoms. The number of benzene rings is 2. The van der Waals surface area contributed by atoms with Crippen LogP contribution in [0.2, 0.25) is 0 Å². The van der Waals surface area contributed by atoms with Crippen LogP contribution in [0, 0.1) is 13.8 Å². The predicted molar refractivity (Wildman–Crippen MR) is 174 cm³/mol. The van der Waals surface area contributed by atoms with E-state index in [1.807, 2.05) is 70.2 Å². The molecule has 0 aliphatic carbocycles. The van der Waals surface area contributed by atoms with Gasteiger partial charge >= 0.3 is 5.97 Å². The van der Waals surface area contributed by atoms with Gasteiger partial charge < -0.3 is 18.8 Å². The average molecular weight is 628 g/mol. The van der Waals surface area contributed by atoms with Gasteiger partial charge in [-0.2, -0.15) is 0 Å². The van der Waals surface area contributed by atoms with Gasteiger partial charge in [0.15, 0.2) is 22.1 Å². The van der Waals surface area contributed by atoms with Crippen LogP contribution in [0.5, 0.6) is 11.5 Å². The summed E-state index contributed by atoms with van der Waals surface area (Å²) in [5.41, 5.74) is 5.55. The molecule has 0 unspecified atom stereocenters. The van der Waals surface area contributed by atoms with Crippen molar-refractivity contribution >= 4 is 29.2 Å². The molecule has 9 nitrogen and oxygen atoms in total. The third kappa shape index (κ3) is 6.02. The topological polar surface area (TPSA) is 101 Å². The minimum Gasteiger partial charge on any atom is -0.493 e. The maximum absolute atomic E-state index is 14.2. The van der Waals surface area contributed by atoms with Gasteiger partial charge in [0.25, 0.3) is 5.56 Å². The van der Waals surface area contributed by atoms with Gasteiger partial charge in [0.2, 0.25) is 0 Å². The standard InChI is InChI=1S/C35H37N3O6S/c1-9-43-34(41)31-21(5)36-35-38(32(31)25-12-15-28(44-19(2)3)29(17-25)42-8)33(40)30(45-35)18-26-16-20(4)37(22(26)6)27-13-10-24(11-14-27)23(7)39/h10-19,32H,9H2,1-8H3/b30-18-/t32-/m1/s1. The number of carbonyl (C=O) groups excluding carboxylic acids is 2. The number of hydrogen-bond donors (Lipinski definition) is 0. The molecule has 0 fully saturated rings. The monoisotopic (exact) mass is 627 g/mol. The molecule has 5 rings (SSSR count). The van der Waals surface area contributed by atoms with Crippen molar-refractivity contribution in [1.82, 2.24) is 9.13 Å². The molecule has 0 spiro atoms. The summed E-state index contributed by atoms with van der Waals surface area (Å²) >= 11 is 1.27. The fraction of sp³-hybridized carbons (Fsp3) is 0.314. The van der Waals surface area contributed by atoms with Crippen molar-refractivity contribution in [2.24, 2.45) is 4.99 Å². The molecule has 0 saturated heterocycles. The van der Waals surface area contributed by atoms with E-state index >= 15 is 0 Å². The number of aryl methyl sites for hydroxylation is 1. The van der Waals surface area contributed by atoms with E-state index in [1.54, 1.807) is 44.6 Å². The van der Waals surface area contributed by atoms with Crippen molar-refractivity contribution in [1.29, 1.82) is 0 Å². The lowest BCUT2D eigenvalue weighted by atomic mass is 9.95. The molecule has 1 aliphatic rings. The van der Waals surface area contributed by atoms with Crippen molar-refractivity contribution in [2.75, 3.05) is 13.7 Å². The van der Waals surface area contributed by atoms with Crippen LogP contribution in [0.4, 0.5) is 0 Å². The Kier molecular flexibility index (Phi) is 8.97. The number of ketones is 1. The zero-order valence-corrected chi connectivity index (χ0v) is 27.6. The Balaban J connectivity index is 1.67. The van der Waals surface area contributed by atoms with E-state index < -0.39 is 12.0 Å². The van der Waals surface area contributed by atoms with Gasteiger partial charge in [-0.3, -0.25) is 14.2 Å². The van der Waals surface area contributed by atoms with Crippen LogP contribution >= 0.6 is 11.3 Å². The van der Waals surface area contributed by atoms with Gasteiger partial charge in [0.1, 0.15) is 0 Å². The predicted octanol–water partition coefficient (Wildman–Crippen LogP) is 5.20. The average Bonchev–Trinajstić information content (AvgIpc) is 3.45. The third-order valence-electron chi connectivity index (χ3n) is 7.67. The van der Waals surface area contributed by atoms with Crippen molar-refractivity contribution in [3.8, 4) is 17.2 Å². The van der Waals surface area contributed by atoms with Crippen LogP contribution in [0.15, 0.2) is 69.6 Å². The van der Waals surface area contributed by atoms with E-state index in [-0.39, 0.29) is 24.1 Å². The largest absolute Gasteiger partial charge is 0.493 e. The number of rotatable bonds is 9. The van der Waals surface area contributed by atoms with Gasteiger partial charge in [0, 0.05) is 22.6 Å². The molecule has 45 heavy (non-hydrogen) atoms. The minimum atomic E-state index is -0.781. The highest BCUT2D eigenvalue weighted by molar-refractivity contribution is 7.07. The Morgan fingerprint density at radius 2 is 1.76 bits per heavy atom. The number of hydrogen-bond acceptors (Lipinski definition) is 8. The number of Topliss-reactive ketones (excluding diaryl/α,β-unsaturated/α-hetero) is 1. The molecule has 0 saturated carbocycles. The maximum Gasteiger partial charge on any atom is 0.338 e. The number of allylic oxidation sites excluding steroid dienone is 1. The lowest BCUT2D eigenvalue weighted by molar-refractivity contribution is -0.139. The van der Waals surface area contributed by atoms with Gasteiger partial charge in [0.05, 0.1) is 41.7 Å². The lowest BCUT2D eigenvalue weighted by Crippen LogP contribution is -2.40. The molecule has 10 heteroatoms. The molecule has 1 atom stereocenters. The number of ether oxygens (including phenoxy) is 3. The van der Waals surface area contributed by atoms with E-state index in [1.165, 1.54) is 11.3 Å². The van der Waals surface area contributed by atoms with Crippen molar-refractivity contribution < 1.29 is 23.8 Å². The van der Waals surface area contributed by atoms with E-state index in [4.69, 9.17) is 19.2 Å². The maximum atomic E-state index is 14.2. The Morgan fingerprint density at radius 3 is 2.38 bits per heavy atom. The number of methoxy groups -OCH3 is 1. The highest BCUT2D eigenvalue weighted by atomic mass is 32.1. The Labute approximate surface area is 265 Å². The number of aromatic nitrogens is 2. The fourth-order valence-electron chi connectivity index (χ4n) is 5.63. The van der Waals surface area contributed by atoms with Gasteiger partial charge in [-0.15, -0.1) is 0 Å². The lowest BCUT2D eigenvalue weighted by Gasteiger charge is -2.25. The van der Waals surface area contributed by atoms with E-state index in [9.17, 15) is 14.4 Å². The van der Waals surface area contributed by atoms with Gasteiger partial charge in [-0.25, -0.2) is 9.79 Å². The number of fused-ring (bicyclic) bond motifs is 1. The fourth-order valence-corrected chi connectivity index (χ4v) is 6.67. The van der Waals surface area contributed by atoms with Crippen LogP contribution in [0.3, 0.4) is 0 Å². The van der Waals surface area contributed by atoms with Crippen LogP contribution < -0.4 is 24.4 Å². The highest BCUT2D eigenvalue weighted by Gasteiger charge is 2.34. The zero-order valence-electron chi connectivity index (χ0n) is 26.8. The molecule has 2 aromatic carbocycles. The van der Waals surface area contributed by atoms with Gasteiger partial charge in [-0.1, -0.05) is 17.4 Å². The molecule has 4 aromatic rings. The SMILES string of the molecule is CCOC(=O)C1=C(C)N=c2s/c(=C\c3cc(C)n(-c4ccc(C(C)=O)cc4)c3C)c(=O)n2[C@@H]1c1ccc(OC(C)C)c(OC)c1. The first-order valence-electron chi connectivity index (χ1n) is 14.8. The van der Waals surface area contributed by atoms with Crippen LogP contribution in [0.1, 0.15) is 73.5 Å². The highest BCUT2D eigenvalue weighted by Crippen LogP contribution is 2.36. The first-order valence-corrected chi connectivity index (χ1v) is 15.6. The molecule has 0 amide bonds. The number of carbonyl (C=O) groups is 2. The summed E-state index contributed by atoms with van der Waals surface area (Å²) in [7, 11) is 1.55. The third-order valence-corrected chi connectivity index (χ3v) is 8.65. The van der Waals surface area contributed by atoms with E-state index in [0.29, 0.717) is 43.2 Å². The van der Waals surface area contributed by atoms with E-state index in [0.717, 1.165) is 22.6 Å². The number of esters is 1. The Morgan fingerprint density at radius 1 is 1.04 bits per heavy atom. The summed E-state index contributed by atoms with van der Waals surface area (Å²) in [4.78, 5) is 44.5. The molecule has 0 N–H and O–H groups in total. The van der Waals surface area contributed by atoms with Crippen molar-refractivity contribution in [3.63, 3.8) is 0 Å². The summed E-state index contributed by atoms with van der Waals surface area (Å²) in [6, 6.07) is 14.1. The van der Waals surface area contributed by atoms with Crippen LogP contribution in [-0.2, 0) is 9.53 Å². The number of thiazole rings is 1. The molecular weight excluding hydrogens is 590 g/mol. The zero-order chi connectivity index (χ0) is 32.6. The second kappa shape index (κ2) is 12.7. The summed E-state index contributed by atoms with van der Waals surface area (Å²) in [6.07, 6.45) is 1.80. The summed E-state index contributed by atoms with van der Waals surface area (Å²) in [5.74, 6) is 0.536. The molecular formula is C35H37N3O6S. The number of nitrogens with zero attached hydrogens (tertiary/aromatic N) is 3. The van der Waals surface area contributed by atoms with Crippen LogP contribution in [0.25, 0.3) is 11.8 Å². The summed E-state index contributed by atoms with van der Waals surface area (Å²) in [6.45, 7) is 13.1. The second-order valence-corrected chi connectivity index (χ2v) is 12.2. The van der Waals surface area contributed by atoms with Crippen LogP contribution in [-0.4, -0.2) is 40.7 Å². The second-order valence-electron chi connectivity index (χ2n) is 11.1. The van der Waals surface area contributed by atoms with Gasteiger partial charge in [-0.05, 0) is 108 Å². The molecule has 0 radical (unpaired) electrons. The molecule has 234 valence electrons. The summed E-state index contributed by atoms with van der Waals surface area (Å²) in [5, 5.41) is 0. The first kappa shape index (κ1) is 31.7. The Bertz CT molecular complexity index is 2010. The summed E-state index contributed by atoms with van der Waals surface area (Å²) < 4.78 is 21.1. The van der Waals surface area contributed by atoms with Crippen molar-refractivity contribution in [2.45, 2.75) is 60.6 Å². The quantitative estimate of drug-likeness (QED) is 0.187. The van der Waals surface area contributed by atoms with E-state index in [2.05, 4.69) is 4.57 Å². The molecule has 3 heterocycles.